The van der Waals surface area contributed by atoms with Crippen molar-refractivity contribution in [1.82, 2.24) is 25.4 Å². The Morgan fingerprint density at radius 1 is 1.23 bits per heavy atom. The molecule has 1 aliphatic heterocycles. The molecule has 1 aliphatic carbocycles. The Morgan fingerprint density at radius 2 is 1.96 bits per heavy atom. The van der Waals surface area contributed by atoms with Crippen LogP contribution >= 0.6 is 11.3 Å². The SMILES string of the molecule is COCCCCN(C)C(=O)COc1cc(-c2scnc2C)ccc1CNC(=O)[C@@H]1C[C@@H](O)CN1C(=O)[C@@H](NC(=O)C1(F)CC1)C(C)(C)C. The lowest BCUT2D eigenvalue weighted by atomic mass is 9.85. The van der Waals surface area contributed by atoms with Crippen molar-refractivity contribution in [3.05, 3.63) is 35.0 Å². The summed E-state index contributed by atoms with van der Waals surface area (Å²) in [7, 11) is 3.36. The lowest BCUT2D eigenvalue weighted by molar-refractivity contribution is -0.145. The van der Waals surface area contributed by atoms with Gasteiger partial charge in [0.15, 0.2) is 12.3 Å². The molecule has 2 heterocycles. The second-order valence-corrected chi connectivity index (χ2v) is 14.6. The van der Waals surface area contributed by atoms with E-state index in [0.29, 0.717) is 24.5 Å². The van der Waals surface area contributed by atoms with Gasteiger partial charge >= 0.3 is 0 Å². The van der Waals surface area contributed by atoms with E-state index in [2.05, 4.69) is 15.6 Å². The molecule has 12 nitrogen and oxygen atoms in total. The molecule has 2 aliphatic rings. The van der Waals surface area contributed by atoms with Crippen molar-refractivity contribution in [3.8, 4) is 16.2 Å². The highest BCUT2D eigenvalue weighted by Crippen LogP contribution is 2.40. The molecular formula is C34H48FN5O7S. The fraction of sp³-hybridized carbons (Fsp3) is 0.618. The average Bonchev–Trinajstić information content (AvgIpc) is 3.45. The van der Waals surface area contributed by atoms with E-state index in [9.17, 15) is 28.7 Å². The van der Waals surface area contributed by atoms with Crippen LogP contribution in [0.4, 0.5) is 4.39 Å². The molecule has 0 spiro atoms. The molecule has 4 rings (SSSR count). The number of amides is 4. The Bertz CT molecular complexity index is 1470. The molecule has 1 saturated carbocycles. The van der Waals surface area contributed by atoms with Crippen molar-refractivity contribution < 1.29 is 38.1 Å². The topological polar surface area (TPSA) is 150 Å². The molecule has 3 N–H and O–H groups in total. The van der Waals surface area contributed by atoms with Crippen molar-refractivity contribution in [2.75, 3.05) is 40.5 Å². The molecule has 0 radical (unpaired) electrons. The van der Waals surface area contributed by atoms with Crippen LogP contribution in [0, 0.1) is 12.3 Å². The van der Waals surface area contributed by atoms with Gasteiger partial charge in [-0.25, -0.2) is 9.37 Å². The number of aliphatic hydroxyl groups excluding tert-OH is 1. The number of alkyl halides is 1. The summed E-state index contributed by atoms with van der Waals surface area (Å²) in [6.45, 7) is 8.05. The number of unbranched alkanes of at least 4 members (excludes halogenated alkanes) is 1. The van der Waals surface area contributed by atoms with Crippen molar-refractivity contribution in [3.63, 3.8) is 0 Å². The first kappa shape index (κ1) is 37.2. The number of likely N-dealkylation sites (tertiary alicyclic amines) is 1. The van der Waals surface area contributed by atoms with Gasteiger partial charge in [-0.2, -0.15) is 0 Å². The van der Waals surface area contributed by atoms with Gasteiger partial charge < -0.3 is 35.0 Å². The molecule has 4 amide bonds. The van der Waals surface area contributed by atoms with Gasteiger partial charge in [0.25, 0.3) is 11.8 Å². The fourth-order valence-electron chi connectivity index (χ4n) is 5.54. The van der Waals surface area contributed by atoms with E-state index in [4.69, 9.17) is 9.47 Å². The highest BCUT2D eigenvalue weighted by Gasteiger charge is 2.53. The summed E-state index contributed by atoms with van der Waals surface area (Å²) >= 11 is 1.48. The first-order valence-corrected chi connectivity index (χ1v) is 17.2. The number of halogens is 1. The number of aryl methyl sites for hydroxylation is 1. The van der Waals surface area contributed by atoms with Crippen LogP contribution in [0.5, 0.6) is 5.75 Å². The Hall–Kier alpha value is -3.62. The van der Waals surface area contributed by atoms with Gasteiger partial charge in [0, 0.05) is 52.4 Å². The number of thiazole rings is 1. The molecule has 1 aromatic heterocycles. The number of hydrogen-bond donors (Lipinski definition) is 3. The van der Waals surface area contributed by atoms with Crippen LogP contribution < -0.4 is 15.4 Å². The smallest absolute Gasteiger partial charge is 0.260 e. The van der Waals surface area contributed by atoms with E-state index in [-0.39, 0.29) is 44.9 Å². The molecule has 264 valence electrons. The number of aromatic nitrogens is 1. The predicted molar refractivity (Wildman–Crippen MR) is 179 cm³/mol. The van der Waals surface area contributed by atoms with Crippen LogP contribution in [0.15, 0.2) is 23.7 Å². The summed E-state index contributed by atoms with van der Waals surface area (Å²) in [5.74, 6) is -1.68. The number of hydrogen-bond acceptors (Lipinski definition) is 9. The number of ether oxygens (including phenoxy) is 2. The summed E-state index contributed by atoms with van der Waals surface area (Å²) in [5, 5.41) is 15.9. The van der Waals surface area contributed by atoms with Crippen LogP contribution in [0.25, 0.3) is 10.4 Å². The molecule has 2 aromatic rings. The highest BCUT2D eigenvalue weighted by atomic mass is 32.1. The van der Waals surface area contributed by atoms with Crippen molar-refractivity contribution in [2.45, 2.75) is 90.2 Å². The van der Waals surface area contributed by atoms with Crippen LogP contribution in [0.3, 0.4) is 0 Å². The summed E-state index contributed by atoms with van der Waals surface area (Å²) in [6.07, 6.45) is 0.896. The second kappa shape index (κ2) is 15.7. The number of carbonyl (C=O) groups excluding carboxylic acids is 4. The van der Waals surface area contributed by atoms with E-state index in [1.165, 1.54) is 16.2 Å². The monoisotopic (exact) mass is 689 g/mol. The average molecular weight is 690 g/mol. The van der Waals surface area contributed by atoms with Crippen LogP contribution in [0.2, 0.25) is 0 Å². The molecule has 0 unspecified atom stereocenters. The molecule has 1 aromatic carbocycles. The normalized spacial score (nSPS) is 19.0. The van der Waals surface area contributed by atoms with Crippen molar-refractivity contribution in [1.29, 1.82) is 0 Å². The number of β-amino-alcohol motifs (C(OH)–C–C–N with tert-alkyl or cyclic N) is 1. The van der Waals surface area contributed by atoms with E-state index in [0.717, 1.165) is 29.0 Å². The minimum absolute atomic E-state index is 0.00754. The number of likely N-dealkylation sites (N-methyl/N-ethyl adjacent to an activating group) is 1. The largest absolute Gasteiger partial charge is 0.483 e. The fourth-order valence-corrected chi connectivity index (χ4v) is 6.35. The van der Waals surface area contributed by atoms with Gasteiger partial charge in [-0.15, -0.1) is 11.3 Å². The van der Waals surface area contributed by atoms with Crippen LogP contribution in [-0.2, 0) is 30.5 Å². The van der Waals surface area contributed by atoms with Gasteiger partial charge in [0.2, 0.25) is 11.8 Å². The van der Waals surface area contributed by atoms with Crippen LogP contribution in [0.1, 0.15) is 64.1 Å². The standard InChI is InChI=1S/C34H48FN5O7S/c1-21-28(48-20-37-21)22-9-10-23(26(15-22)47-19-27(42)39(5)13-7-8-14-46-6)17-36-30(43)25-16-24(41)18-40(25)31(44)29(33(2,3)4)38-32(45)34(35)11-12-34/h9-10,15,20,24-25,29,41H,7-8,11-14,16-19H2,1-6H3,(H,36,43)(H,38,45)/t24-,25+,29-/m1/s1. The van der Waals surface area contributed by atoms with Crippen LogP contribution in [-0.4, -0.2) is 108 Å². The molecule has 48 heavy (non-hydrogen) atoms. The van der Waals surface area contributed by atoms with Crippen molar-refractivity contribution in [2.24, 2.45) is 5.41 Å². The minimum atomic E-state index is -1.97. The lowest BCUT2D eigenvalue weighted by Gasteiger charge is -2.35. The number of nitrogens with one attached hydrogen (secondary N) is 2. The molecule has 14 heteroatoms. The number of nitrogens with zero attached hydrogens (tertiary/aromatic N) is 3. The molecule has 2 fully saturated rings. The minimum Gasteiger partial charge on any atom is -0.483 e. The Kier molecular flexibility index (Phi) is 12.2. The number of carbonyl (C=O) groups is 4. The summed E-state index contributed by atoms with van der Waals surface area (Å²) in [4.78, 5) is 60.9. The van der Waals surface area contributed by atoms with E-state index < -0.39 is 47.0 Å². The number of rotatable bonds is 15. The maximum absolute atomic E-state index is 14.5. The van der Waals surface area contributed by atoms with Gasteiger partial charge in [0.1, 0.15) is 17.8 Å². The van der Waals surface area contributed by atoms with E-state index >= 15 is 0 Å². The van der Waals surface area contributed by atoms with Gasteiger partial charge in [-0.1, -0.05) is 32.9 Å². The lowest BCUT2D eigenvalue weighted by Crippen LogP contribution is -2.59. The van der Waals surface area contributed by atoms with Gasteiger partial charge in [-0.05, 0) is 49.7 Å². The zero-order valence-electron chi connectivity index (χ0n) is 28.6. The summed E-state index contributed by atoms with van der Waals surface area (Å²) in [6, 6.07) is 3.41. The maximum Gasteiger partial charge on any atom is 0.260 e. The predicted octanol–water partition coefficient (Wildman–Crippen LogP) is 2.99. The van der Waals surface area contributed by atoms with Crippen molar-refractivity contribution >= 4 is 35.0 Å². The Morgan fingerprint density at radius 3 is 2.58 bits per heavy atom. The van der Waals surface area contributed by atoms with E-state index in [1.807, 2.05) is 25.1 Å². The zero-order chi connectivity index (χ0) is 35.2. The summed E-state index contributed by atoms with van der Waals surface area (Å²) < 4.78 is 25.6. The first-order chi connectivity index (χ1) is 22.6. The number of aliphatic hydroxyl groups is 1. The van der Waals surface area contributed by atoms with E-state index in [1.54, 1.807) is 45.3 Å². The third kappa shape index (κ3) is 9.29. The molecule has 1 saturated heterocycles. The third-order valence-electron chi connectivity index (χ3n) is 8.75. The number of methoxy groups -OCH3 is 1. The van der Waals surface area contributed by atoms with Gasteiger partial charge in [0.05, 0.1) is 22.2 Å². The zero-order valence-corrected chi connectivity index (χ0v) is 29.5. The quantitative estimate of drug-likeness (QED) is 0.242. The second-order valence-electron chi connectivity index (χ2n) is 13.7. The maximum atomic E-state index is 14.5. The molecule has 0 bridgehead atoms. The first-order valence-electron chi connectivity index (χ1n) is 16.3. The Balaban J connectivity index is 1.47. The summed E-state index contributed by atoms with van der Waals surface area (Å²) in [5.41, 5.74) is 1.32. The Labute approximate surface area is 285 Å². The van der Waals surface area contributed by atoms with Gasteiger partial charge in [-0.3, -0.25) is 19.2 Å². The number of benzene rings is 1. The molecular weight excluding hydrogens is 641 g/mol. The third-order valence-corrected chi connectivity index (χ3v) is 9.72. The molecule has 3 atom stereocenters. The highest BCUT2D eigenvalue weighted by molar-refractivity contribution is 7.13.